The Morgan fingerprint density at radius 1 is 1.16 bits per heavy atom. The molecule has 9 nitrogen and oxygen atoms in total. The lowest BCUT2D eigenvalue weighted by Gasteiger charge is -2.40. The van der Waals surface area contributed by atoms with Crippen LogP contribution in [-0.2, 0) is 0 Å². The van der Waals surface area contributed by atoms with E-state index in [1.54, 1.807) is 28.4 Å². The van der Waals surface area contributed by atoms with Crippen molar-refractivity contribution in [2.24, 2.45) is 0 Å². The summed E-state index contributed by atoms with van der Waals surface area (Å²) in [5.74, 6) is 0.944. The molecule has 0 bridgehead atoms. The molecule has 2 amide bonds. The number of amides is 2. The van der Waals surface area contributed by atoms with Gasteiger partial charge in [-0.25, -0.2) is 14.3 Å². The number of hydrogen-bond donors (Lipinski definition) is 0. The predicted molar refractivity (Wildman–Crippen MR) is 91.8 cm³/mol. The molecule has 3 aromatic heterocycles. The number of anilines is 2. The maximum atomic E-state index is 12.1. The van der Waals surface area contributed by atoms with Crippen LogP contribution in [0.3, 0.4) is 0 Å². The second-order valence-corrected chi connectivity index (χ2v) is 6.50. The van der Waals surface area contributed by atoms with Crippen molar-refractivity contribution in [2.45, 2.75) is 6.04 Å². The Labute approximate surface area is 144 Å². The van der Waals surface area contributed by atoms with Gasteiger partial charge in [0.2, 0.25) is 0 Å². The first kappa shape index (κ1) is 14.3. The fraction of sp³-hybridized carbons (Fsp3) is 0.375. The lowest BCUT2D eigenvalue weighted by Crippen LogP contribution is -2.48. The lowest BCUT2D eigenvalue weighted by atomic mass is 10.1. The Hall–Kier alpha value is -3.10. The maximum absolute atomic E-state index is 12.1. The number of carbonyl (C=O) groups excluding carboxylic acids is 1. The molecule has 5 heterocycles. The van der Waals surface area contributed by atoms with Gasteiger partial charge in [0.15, 0.2) is 5.82 Å². The molecule has 2 fully saturated rings. The monoisotopic (exact) mass is 338 g/mol. The van der Waals surface area contributed by atoms with Crippen molar-refractivity contribution >= 4 is 23.1 Å². The van der Waals surface area contributed by atoms with Crippen molar-refractivity contribution < 1.29 is 4.79 Å². The van der Waals surface area contributed by atoms with Crippen molar-refractivity contribution in [1.82, 2.24) is 29.3 Å². The van der Waals surface area contributed by atoms with Crippen LogP contribution in [0.1, 0.15) is 6.04 Å². The third kappa shape index (κ3) is 2.15. The second-order valence-electron chi connectivity index (χ2n) is 6.50. The SMILES string of the molecule is CN1CCN(c2cnn(C3CN(c4nccn5nccc45)C3)c2)C1=O. The summed E-state index contributed by atoms with van der Waals surface area (Å²) in [5.41, 5.74) is 1.87. The van der Waals surface area contributed by atoms with Gasteiger partial charge in [-0.1, -0.05) is 0 Å². The highest BCUT2D eigenvalue weighted by Crippen LogP contribution is 2.30. The number of aromatic nitrogens is 5. The van der Waals surface area contributed by atoms with Gasteiger partial charge < -0.3 is 9.80 Å². The van der Waals surface area contributed by atoms with Gasteiger partial charge in [0.05, 0.1) is 24.1 Å². The van der Waals surface area contributed by atoms with E-state index in [4.69, 9.17) is 0 Å². The molecule has 5 rings (SSSR count). The minimum atomic E-state index is 0.0337. The number of likely N-dealkylation sites (N-methyl/N-ethyl adjacent to an activating group) is 1. The molecule has 9 heteroatoms. The van der Waals surface area contributed by atoms with Crippen molar-refractivity contribution in [2.75, 3.05) is 43.0 Å². The molecule has 0 radical (unpaired) electrons. The van der Waals surface area contributed by atoms with Crippen LogP contribution in [0.4, 0.5) is 16.3 Å². The van der Waals surface area contributed by atoms with E-state index < -0.39 is 0 Å². The normalized spacial score (nSPS) is 18.4. The average molecular weight is 338 g/mol. The summed E-state index contributed by atoms with van der Waals surface area (Å²) in [4.78, 5) is 22.3. The van der Waals surface area contributed by atoms with Crippen LogP contribution in [0.15, 0.2) is 37.1 Å². The van der Waals surface area contributed by atoms with E-state index in [2.05, 4.69) is 20.1 Å². The van der Waals surface area contributed by atoms with Gasteiger partial charge in [0, 0.05) is 51.8 Å². The lowest BCUT2D eigenvalue weighted by molar-refractivity contribution is 0.229. The van der Waals surface area contributed by atoms with Crippen LogP contribution in [0.25, 0.3) is 5.52 Å². The van der Waals surface area contributed by atoms with E-state index in [-0.39, 0.29) is 12.1 Å². The minimum Gasteiger partial charge on any atom is -0.350 e. The van der Waals surface area contributed by atoms with Crippen LogP contribution >= 0.6 is 0 Å². The Morgan fingerprint density at radius 2 is 2.04 bits per heavy atom. The van der Waals surface area contributed by atoms with Gasteiger partial charge in [-0.3, -0.25) is 9.58 Å². The fourth-order valence-corrected chi connectivity index (χ4v) is 3.44. The van der Waals surface area contributed by atoms with E-state index in [0.717, 1.165) is 36.7 Å². The summed E-state index contributed by atoms with van der Waals surface area (Å²) in [5, 5.41) is 8.71. The average Bonchev–Trinajstić information content (AvgIpc) is 3.28. The fourth-order valence-electron chi connectivity index (χ4n) is 3.44. The molecule has 0 spiro atoms. The first-order valence-electron chi connectivity index (χ1n) is 8.31. The van der Waals surface area contributed by atoms with E-state index >= 15 is 0 Å². The van der Waals surface area contributed by atoms with Crippen LogP contribution in [0, 0.1) is 0 Å². The van der Waals surface area contributed by atoms with Gasteiger partial charge in [-0.15, -0.1) is 0 Å². The molecular formula is C16H18N8O. The van der Waals surface area contributed by atoms with Crippen molar-refractivity contribution in [1.29, 1.82) is 0 Å². The topological polar surface area (TPSA) is 74.8 Å². The summed E-state index contributed by atoms with van der Waals surface area (Å²) in [6, 6.07) is 2.29. The van der Waals surface area contributed by atoms with Crippen molar-refractivity contribution in [3.8, 4) is 0 Å². The van der Waals surface area contributed by atoms with E-state index in [1.807, 2.05) is 34.7 Å². The summed E-state index contributed by atoms with van der Waals surface area (Å²) in [7, 11) is 1.82. The van der Waals surface area contributed by atoms with E-state index in [9.17, 15) is 4.79 Å². The number of urea groups is 1. The quantitative estimate of drug-likeness (QED) is 0.708. The zero-order valence-corrected chi connectivity index (χ0v) is 13.9. The predicted octanol–water partition coefficient (Wildman–Crippen LogP) is 0.859. The number of carbonyl (C=O) groups is 1. The summed E-state index contributed by atoms with van der Waals surface area (Å²) in [6.45, 7) is 3.15. The summed E-state index contributed by atoms with van der Waals surface area (Å²) in [6.07, 6.45) is 9.13. The molecule has 0 aromatic carbocycles. The summed E-state index contributed by atoms with van der Waals surface area (Å²) >= 11 is 0. The third-order valence-corrected chi connectivity index (χ3v) is 4.96. The Bertz CT molecular complexity index is 940. The molecule has 3 aromatic rings. The summed E-state index contributed by atoms with van der Waals surface area (Å²) < 4.78 is 3.78. The highest BCUT2D eigenvalue weighted by molar-refractivity contribution is 5.93. The van der Waals surface area contributed by atoms with E-state index in [0.29, 0.717) is 6.54 Å². The number of hydrogen-bond acceptors (Lipinski definition) is 5. The maximum Gasteiger partial charge on any atom is 0.324 e. The number of nitrogens with zero attached hydrogens (tertiary/aromatic N) is 8. The second kappa shape index (κ2) is 5.20. The molecule has 2 aliphatic rings. The standard InChI is InChI=1S/C16H18N8O/c1-20-6-7-22(16(20)25)12-8-19-24(11-12)13-9-21(10-13)15-14-2-3-18-23(14)5-4-17-15/h2-5,8,11,13H,6-7,9-10H2,1H3. The number of rotatable bonds is 3. The molecule has 25 heavy (non-hydrogen) atoms. The van der Waals surface area contributed by atoms with Gasteiger partial charge >= 0.3 is 6.03 Å². The highest BCUT2D eigenvalue weighted by atomic mass is 16.2. The van der Waals surface area contributed by atoms with Crippen LogP contribution < -0.4 is 9.80 Å². The van der Waals surface area contributed by atoms with Crippen LogP contribution in [0.2, 0.25) is 0 Å². The van der Waals surface area contributed by atoms with E-state index in [1.165, 1.54) is 0 Å². The van der Waals surface area contributed by atoms with Crippen molar-refractivity contribution in [3.05, 3.63) is 37.1 Å². The van der Waals surface area contributed by atoms with Gasteiger partial charge in [0.25, 0.3) is 0 Å². The molecule has 0 N–H and O–H groups in total. The molecule has 2 saturated heterocycles. The molecule has 128 valence electrons. The first-order chi connectivity index (χ1) is 12.2. The molecular weight excluding hydrogens is 320 g/mol. The molecule has 2 aliphatic heterocycles. The Balaban J connectivity index is 1.31. The van der Waals surface area contributed by atoms with Gasteiger partial charge in [-0.2, -0.15) is 10.2 Å². The van der Waals surface area contributed by atoms with Crippen LogP contribution in [0.5, 0.6) is 0 Å². The smallest absolute Gasteiger partial charge is 0.324 e. The Kier molecular flexibility index (Phi) is 2.97. The van der Waals surface area contributed by atoms with Crippen LogP contribution in [-0.4, -0.2) is 68.5 Å². The Morgan fingerprint density at radius 3 is 2.84 bits per heavy atom. The molecule has 0 atom stereocenters. The molecule has 0 aliphatic carbocycles. The van der Waals surface area contributed by atoms with Gasteiger partial charge in [-0.05, 0) is 6.07 Å². The first-order valence-corrected chi connectivity index (χ1v) is 8.31. The highest BCUT2D eigenvalue weighted by Gasteiger charge is 2.33. The zero-order chi connectivity index (χ0) is 17.0. The number of fused-ring (bicyclic) bond motifs is 1. The molecule has 0 saturated carbocycles. The third-order valence-electron chi connectivity index (χ3n) is 4.96. The molecule has 0 unspecified atom stereocenters. The van der Waals surface area contributed by atoms with Gasteiger partial charge in [0.1, 0.15) is 5.52 Å². The van der Waals surface area contributed by atoms with Crippen molar-refractivity contribution in [3.63, 3.8) is 0 Å². The zero-order valence-electron chi connectivity index (χ0n) is 13.9. The largest absolute Gasteiger partial charge is 0.350 e. The minimum absolute atomic E-state index is 0.0337.